The lowest BCUT2D eigenvalue weighted by atomic mass is 10.0. The van der Waals surface area contributed by atoms with Gasteiger partial charge in [-0.1, -0.05) is 12.2 Å². The number of carbonyl (C=O) groups excluding carboxylic acids is 2. The Hall–Kier alpha value is -1.58. The molecule has 0 bridgehead atoms. The molecule has 0 saturated carbocycles. The number of hydrogen-bond acceptors (Lipinski definition) is 2. The predicted molar refractivity (Wildman–Crippen MR) is 60.4 cm³/mol. The number of fused-ring (bicyclic) bond motifs is 1. The molecule has 0 spiro atoms. The first-order chi connectivity index (χ1) is 7.59. The van der Waals surface area contributed by atoms with Crippen molar-refractivity contribution in [2.24, 2.45) is 0 Å². The van der Waals surface area contributed by atoms with Gasteiger partial charge in [-0.3, -0.25) is 9.59 Å². The van der Waals surface area contributed by atoms with E-state index < -0.39 is 0 Å². The molecule has 1 heterocycles. The average Bonchev–Trinajstić information content (AvgIpc) is 2.31. The Kier molecular flexibility index (Phi) is 2.81. The lowest BCUT2D eigenvalue weighted by Gasteiger charge is -2.34. The summed E-state index contributed by atoms with van der Waals surface area (Å²) in [5.74, 6) is 0.0120. The van der Waals surface area contributed by atoms with E-state index in [1.54, 1.807) is 11.8 Å². The van der Waals surface area contributed by atoms with Crippen molar-refractivity contribution in [3.63, 3.8) is 0 Å². The van der Waals surface area contributed by atoms with Crippen molar-refractivity contribution in [1.82, 2.24) is 10.2 Å². The van der Waals surface area contributed by atoms with Crippen LogP contribution in [0, 0.1) is 0 Å². The second-order valence-electron chi connectivity index (χ2n) is 4.33. The fourth-order valence-electron chi connectivity index (χ4n) is 2.42. The molecule has 1 aliphatic carbocycles. The maximum Gasteiger partial charge on any atom is 0.226 e. The third-order valence-corrected chi connectivity index (χ3v) is 3.07. The van der Waals surface area contributed by atoms with Crippen LogP contribution in [-0.4, -0.2) is 28.8 Å². The van der Waals surface area contributed by atoms with Crippen LogP contribution in [0.25, 0.3) is 0 Å². The molecule has 1 saturated heterocycles. The van der Waals surface area contributed by atoms with E-state index in [1.165, 1.54) is 0 Å². The molecule has 1 fully saturated rings. The van der Waals surface area contributed by atoms with Crippen molar-refractivity contribution in [3.8, 4) is 0 Å². The van der Waals surface area contributed by atoms with E-state index in [2.05, 4.69) is 5.32 Å². The zero-order valence-electron chi connectivity index (χ0n) is 9.56. The maximum absolute atomic E-state index is 11.7. The van der Waals surface area contributed by atoms with Crippen LogP contribution < -0.4 is 5.32 Å². The molecular weight excluding hydrogens is 204 g/mol. The zero-order valence-corrected chi connectivity index (χ0v) is 9.56. The highest BCUT2D eigenvalue weighted by Gasteiger charge is 2.33. The molecule has 2 rings (SSSR count). The highest BCUT2D eigenvalue weighted by molar-refractivity contribution is 5.82. The second-order valence-corrected chi connectivity index (χ2v) is 4.33. The number of nitrogens with zero attached hydrogens (tertiary/aromatic N) is 1. The van der Waals surface area contributed by atoms with E-state index >= 15 is 0 Å². The molecule has 2 unspecified atom stereocenters. The molecule has 1 aliphatic heterocycles. The van der Waals surface area contributed by atoms with Gasteiger partial charge in [0.1, 0.15) is 0 Å². The van der Waals surface area contributed by atoms with Crippen molar-refractivity contribution in [1.29, 1.82) is 0 Å². The van der Waals surface area contributed by atoms with Gasteiger partial charge in [0.2, 0.25) is 11.8 Å². The van der Waals surface area contributed by atoms with Gasteiger partial charge in [0, 0.05) is 25.1 Å². The van der Waals surface area contributed by atoms with Crippen molar-refractivity contribution in [3.05, 3.63) is 23.9 Å². The number of amides is 2. The van der Waals surface area contributed by atoms with E-state index in [1.807, 2.05) is 25.2 Å². The number of nitrogens with one attached hydrogen (secondary N) is 1. The topological polar surface area (TPSA) is 49.4 Å². The van der Waals surface area contributed by atoms with Crippen molar-refractivity contribution >= 4 is 11.8 Å². The van der Waals surface area contributed by atoms with E-state index in [9.17, 15) is 9.59 Å². The van der Waals surface area contributed by atoms with Crippen molar-refractivity contribution < 1.29 is 9.59 Å². The smallest absolute Gasteiger partial charge is 0.226 e. The van der Waals surface area contributed by atoms with Gasteiger partial charge < -0.3 is 10.2 Å². The largest absolute Gasteiger partial charge is 0.331 e. The van der Waals surface area contributed by atoms with E-state index in [4.69, 9.17) is 0 Å². The Morgan fingerprint density at radius 3 is 3.00 bits per heavy atom. The molecule has 4 nitrogen and oxygen atoms in total. The van der Waals surface area contributed by atoms with Crippen molar-refractivity contribution in [2.75, 3.05) is 0 Å². The number of carbonyl (C=O) groups is 2. The van der Waals surface area contributed by atoms with Gasteiger partial charge in [-0.05, 0) is 19.4 Å². The van der Waals surface area contributed by atoms with Crippen molar-refractivity contribution in [2.45, 2.75) is 38.8 Å². The molecule has 16 heavy (non-hydrogen) atoms. The van der Waals surface area contributed by atoms with E-state index in [0.29, 0.717) is 6.42 Å². The van der Waals surface area contributed by atoms with Gasteiger partial charge >= 0.3 is 0 Å². The summed E-state index contributed by atoms with van der Waals surface area (Å²) in [4.78, 5) is 25.1. The van der Waals surface area contributed by atoms with Crippen LogP contribution in [0.15, 0.2) is 23.9 Å². The highest BCUT2D eigenvalue weighted by atomic mass is 16.2. The second kappa shape index (κ2) is 4.12. The predicted octanol–water partition coefficient (Wildman–Crippen LogP) is 0.956. The van der Waals surface area contributed by atoms with Gasteiger partial charge in [-0.15, -0.1) is 0 Å². The zero-order chi connectivity index (χ0) is 11.7. The minimum absolute atomic E-state index is 0.0102. The van der Waals surface area contributed by atoms with Crippen LogP contribution >= 0.6 is 0 Å². The molecule has 0 aromatic carbocycles. The highest BCUT2D eigenvalue weighted by Crippen LogP contribution is 2.24. The van der Waals surface area contributed by atoms with Crippen LogP contribution in [0.4, 0.5) is 0 Å². The lowest BCUT2D eigenvalue weighted by Crippen LogP contribution is -2.45. The average molecular weight is 220 g/mol. The first kappa shape index (κ1) is 10.9. The molecule has 1 N–H and O–H groups in total. The third kappa shape index (κ3) is 1.87. The SMILES string of the molecule is CC(=O)N1C(C)CC(=O)NC2=CC=CCC21. The third-order valence-electron chi connectivity index (χ3n) is 3.07. The molecule has 2 aliphatic rings. The van der Waals surface area contributed by atoms with E-state index in [0.717, 1.165) is 12.1 Å². The molecule has 0 aromatic rings. The molecule has 0 aromatic heterocycles. The van der Waals surface area contributed by atoms with Gasteiger partial charge in [0.15, 0.2) is 0 Å². The minimum Gasteiger partial charge on any atom is -0.331 e. The quantitative estimate of drug-likeness (QED) is 0.661. The van der Waals surface area contributed by atoms with Crippen LogP contribution in [-0.2, 0) is 9.59 Å². The van der Waals surface area contributed by atoms with Gasteiger partial charge in [-0.25, -0.2) is 0 Å². The number of hydrogen-bond donors (Lipinski definition) is 1. The Labute approximate surface area is 95.0 Å². The fraction of sp³-hybridized carbons (Fsp3) is 0.500. The summed E-state index contributed by atoms with van der Waals surface area (Å²) >= 11 is 0. The standard InChI is InChI=1S/C12H16N2O2/c1-8-7-12(16)13-10-5-3-4-6-11(10)14(8)9(2)15/h3-5,8,11H,6-7H2,1-2H3,(H,13,16). The first-order valence-corrected chi connectivity index (χ1v) is 5.55. The minimum atomic E-state index is -0.0418. The Bertz CT molecular complexity index is 384. The van der Waals surface area contributed by atoms with Gasteiger partial charge in [0.25, 0.3) is 0 Å². The van der Waals surface area contributed by atoms with E-state index in [-0.39, 0.29) is 23.9 Å². The Morgan fingerprint density at radius 2 is 2.31 bits per heavy atom. The Balaban J connectivity index is 2.36. The number of rotatable bonds is 0. The summed E-state index contributed by atoms with van der Waals surface area (Å²) in [6, 6.07) is -0.0520. The maximum atomic E-state index is 11.7. The molecule has 4 heteroatoms. The molecule has 2 amide bonds. The summed E-state index contributed by atoms with van der Waals surface area (Å²) < 4.78 is 0. The summed E-state index contributed by atoms with van der Waals surface area (Å²) in [6.45, 7) is 3.48. The number of allylic oxidation sites excluding steroid dienone is 2. The van der Waals surface area contributed by atoms with Crippen LogP contribution in [0.3, 0.4) is 0 Å². The molecule has 0 radical (unpaired) electrons. The molecule has 2 atom stereocenters. The monoisotopic (exact) mass is 220 g/mol. The molecule has 86 valence electrons. The summed E-state index contributed by atoms with van der Waals surface area (Å²) in [5, 5.41) is 2.87. The van der Waals surface area contributed by atoms with Gasteiger partial charge in [-0.2, -0.15) is 0 Å². The van der Waals surface area contributed by atoms with Gasteiger partial charge in [0.05, 0.1) is 6.04 Å². The molecular formula is C12H16N2O2. The summed E-state index contributed by atoms with van der Waals surface area (Å²) in [6.07, 6.45) is 6.96. The summed E-state index contributed by atoms with van der Waals surface area (Å²) in [7, 11) is 0. The van der Waals surface area contributed by atoms with Crippen LogP contribution in [0.5, 0.6) is 0 Å². The van der Waals surface area contributed by atoms with Crippen LogP contribution in [0.2, 0.25) is 0 Å². The first-order valence-electron chi connectivity index (χ1n) is 5.55. The normalized spacial score (nSPS) is 29.0. The Morgan fingerprint density at radius 1 is 1.56 bits per heavy atom. The van der Waals surface area contributed by atoms with Crippen LogP contribution in [0.1, 0.15) is 26.7 Å². The fourth-order valence-corrected chi connectivity index (χ4v) is 2.42. The lowest BCUT2D eigenvalue weighted by molar-refractivity contribution is -0.132. The summed E-state index contributed by atoms with van der Waals surface area (Å²) in [5.41, 5.74) is 0.840.